The molecular weight excluding hydrogens is 192 g/mol. The van der Waals surface area contributed by atoms with Crippen molar-refractivity contribution in [3.8, 4) is 11.5 Å². The third-order valence-corrected chi connectivity index (χ3v) is 3.01. The minimum Gasteiger partial charge on any atom is -0.486 e. The highest BCUT2D eigenvalue weighted by Gasteiger charge is 2.40. The van der Waals surface area contributed by atoms with Gasteiger partial charge in [0.2, 0.25) is 0 Å². The number of rotatable bonds is 2. The smallest absolute Gasteiger partial charge is 0.164 e. The van der Waals surface area contributed by atoms with Crippen molar-refractivity contribution in [3.63, 3.8) is 0 Å². The maximum atomic E-state index is 10.6. The SMILES string of the molecule is O=C[C@@H]1C[C@H]1c1cccc2c1OCCO2. The molecule has 1 heterocycles. The van der Waals surface area contributed by atoms with E-state index in [0.717, 1.165) is 29.8 Å². The molecule has 1 aromatic rings. The summed E-state index contributed by atoms with van der Waals surface area (Å²) in [5.41, 5.74) is 1.13. The molecule has 0 amide bonds. The summed E-state index contributed by atoms with van der Waals surface area (Å²) >= 11 is 0. The number of aldehydes is 1. The molecule has 15 heavy (non-hydrogen) atoms. The van der Waals surface area contributed by atoms with Crippen molar-refractivity contribution >= 4 is 6.29 Å². The average Bonchev–Trinajstić information content (AvgIpc) is 3.07. The fourth-order valence-corrected chi connectivity index (χ4v) is 2.11. The zero-order chi connectivity index (χ0) is 10.3. The van der Waals surface area contributed by atoms with Crippen LogP contribution in [0.4, 0.5) is 0 Å². The second-order valence-corrected chi connectivity index (χ2v) is 4.01. The number of hydrogen-bond acceptors (Lipinski definition) is 3. The van der Waals surface area contributed by atoms with Crippen LogP contribution in [0, 0.1) is 5.92 Å². The first-order valence-electron chi connectivity index (χ1n) is 5.24. The zero-order valence-corrected chi connectivity index (χ0v) is 8.31. The Hall–Kier alpha value is -1.51. The molecule has 3 nitrogen and oxygen atoms in total. The van der Waals surface area contributed by atoms with Crippen LogP contribution in [0.3, 0.4) is 0 Å². The highest BCUT2D eigenvalue weighted by atomic mass is 16.6. The standard InChI is InChI=1S/C12H12O3/c13-7-8-6-10(8)9-2-1-3-11-12(9)15-5-4-14-11/h1-3,7-8,10H,4-6H2/t8-,10+/m0/s1. The minimum absolute atomic E-state index is 0.182. The summed E-state index contributed by atoms with van der Waals surface area (Å²) in [6, 6.07) is 5.90. The lowest BCUT2D eigenvalue weighted by atomic mass is 10.1. The predicted octanol–water partition coefficient (Wildman–Crippen LogP) is 1.76. The largest absolute Gasteiger partial charge is 0.486 e. The maximum Gasteiger partial charge on any atom is 0.164 e. The first-order chi connectivity index (χ1) is 7.40. The van der Waals surface area contributed by atoms with Gasteiger partial charge in [0.15, 0.2) is 11.5 Å². The van der Waals surface area contributed by atoms with Crippen LogP contribution >= 0.6 is 0 Å². The lowest BCUT2D eigenvalue weighted by Gasteiger charge is -2.20. The van der Waals surface area contributed by atoms with Crippen LogP contribution in [0.1, 0.15) is 17.9 Å². The number of hydrogen-bond donors (Lipinski definition) is 0. The summed E-state index contributed by atoms with van der Waals surface area (Å²) in [7, 11) is 0. The average molecular weight is 204 g/mol. The number of para-hydroxylation sites is 1. The zero-order valence-electron chi connectivity index (χ0n) is 8.31. The Morgan fingerprint density at radius 2 is 2.13 bits per heavy atom. The molecule has 2 atom stereocenters. The van der Waals surface area contributed by atoms with Gasteiger partial charge in [-0.15, -0.1) is 0 Å². The third kappa shape index (κ3) is 1.39. The fraction of sp³-hybridized carbons (Fsp3) is 0.417. The van der Waals surface area contributed by atoms with E-state index in [1.54, 1.807) is 0 Å². The van der Waals surface area contributed by atoms with Crippen LogP contribution in [-0.4, -0.2) is 19.5 Å². The van der Waals surface area contributed by atoms with E-state index >= 15 is 0 Å². The molecule has 0 spiro atoms. The number of carbonyl (C=O) groups is 1. The van der Waals surface area contributed by atoms with Gasteiger partial charge < -0.3 is 14.3 Å². The van der Waals surface area contributed by atoms with Gasteiger partial charge in [-0.25, -0.2) is 0 Å². The van der Waals surface area contributed by atoms with Gasteiger partial charge in [-0.2, -0.15) is 0 Å². The topological polar surface area (TPSA) is 35.5 Å². The Balaban J connectivity index is 1.97. The molecule has 0 unspecified atom stereocenters. The van der Waals surface area contributed by atoms with Crippen LogP contribution in [0.2, 0.25) is 0 Å². The van der Waals surface area contributed by atoms with Crippen LogP contribution < -0.4 is 9.47 Å². The van der Waals surface area contributed by atoms with Gasteiger partial charge >= 0.3 is 0 Å². The Morgan fingerprint density at radius 3 is 2.93 bits per heavy atom. The van der Waals surface area contributed by atoms with E-state index in [1.807, 2.05) is 18.2 Å². The van der Waals surface area contributed by atoms with E-state index in [2.05, 4.69) is 0 Å². The van der Waals surface area contributed by atoms with E-state index in [1.165, 1.54) is 0 Å². The van der Waals surface area contributed by atoms with Gasteiger partial charge in [0.25, 0.3) is 0 Å². The van der Waals surface area contributed by atoms with Crippen molar-refractivity contribution in [2.24, 2.45) is 5.92 Å². The molecule has 78 valence electrons. The molecule has 2 aliphatic rings. The summed E-state index contributed by atoms with van der Waals surface area (Å²) < 4.78 is 11.1. The molecule has 3 rings (SSSR count). The van der Waals surface area contributed by atoms with Gasteiger partial charge in [0.05, 0.1) is 0 Å². The van der Waals surface area contributed by atoms with E-state index in [0.29, 0.717) is 19.1 Å². The second kappa shape index (κ2) is 3.26. The molecule has 1 saturated carbocycles. The van der Waals surface area contributed by atoms with Crippen LogP contribution in [0.25, 0.3) is 0 Å². The lowest BCUT2D eigenvalue weighted by Crippen LogP contribution is -2.16. The highest BCUT2D eigenvalue weighted by Crippen LogP contribution is 2.51. The molecule has 1 aliphatic heterocycles. The Morgan fingerprint density at radius 1 is 1.27 bits per heavy atom. The van der Waals surface area contributed by atoms with E-state index in [-0.39, 0.29) is 5.92 Å². The summed E-state index contributed by atoms with van der Waals surface area (Å²) in [4.78, 5) is 10.6. The number of ether oxygens (including phenoxy) is 2. The maximum absolute atomic E-state index is 10.6. The van der Waals surface area contributed by atoms with Crippen LogP contribution in [0.15, 0.2) is 18.2 Å². The molecule has 3 heteroatoms. The van der Waals surface area contributed by atoms with E-state index in [9.17, 15) is 4.79 Å². The minimum atomic E-state index is 0.182. The lowest BCUT2D eigenvalue weighted by molar-refractivity contribution is -0.108. The summed E-state index contributed by atoms with van der Waals surface area (Å²) in [6.07, 6.45) is 1.98. The van der Waals surface area contributed by atoms with Crippen molar-refractivity contribution in [1.82, 2.24) is 0 Å². The Kier molecular flexibility index (Phi) is 1.91. The number of benzene rings is 1. The fourth-order valence-electron chi connectivity index (χ4n) is 2.11. The van der Waals surface area contributed by atoms with Gasteiger partial charge in [0.1, 0.15) is 19.5 Å². The normalized spacial score (nSPS) is 27.2. The first kappa shape index (κ1) is 8.77. The predicted molar refractivity (Wildman–Crippen MR) is 54.3 cm³/mol. The molecular formula is C12H12O3. The van der Waals surface area contributed by atoms with E-state index in [4.69, 9.17) is 9.47 Å². The van der Waals surface area contributed by atoms with Crippen molar-refractivity contribution in [1.29, 1.82) is 0 Å². The monoisotopic (exact) mass is 204 g/mol. The molecule has 0 saturated heterocycles. The van der Waals surface area contributed by atoms with Gasteiger partial charge in [-0.1, -0.05) is 12.1 Å². The van der Waals surface area contributed by atoms with Crippen LogP contribution in [-0.2, 0) is 4.79 Å². The molecule has 0 radical (unpaired) electrons. The van der Waals surface area contributed by atoms with Crippen LogP contribution in [0.5, 0.6) is 11.5 Å². The molecule has 1 aromatic carbocycles. The van der Waals surface area contributed by atoms with Gasteiger partial charge in [0, 0.05) is 11.5 Å². The molecule has 1 aliphatic carbocycles. The molecule has 1 fully saturated rings. The summed E-state index contributed by atoms with van der Waals surface area (Å²) in [5, 5.41) is 0. The third-order valence-electron chi connectivity index (χ3n) is 3.01. The molecule has 0 N–H and O–H groups in total. The number of carbonyl (C=O) groups excluding carboxylic acids is 1. The van der Waals surface area contributed by atoms with Crippen molar-refractivity contribution in [3.05, 3.63) is 23.8 Å². The first-order valence-corrected chi connectivity index (χ1v) is 5.24. The van der Waals surface area contributed by atoms with E-state index < -0.39 is 0 Å². The quantitative estimate of drug-likeness (QED) is 0.688. The highest BCUT2D eigenvalue weighted by molar-refractivity contribution is 5.63. The Bertz CT molecular complexity index is 400. The second-order valence-electron chi connectivity index (χ2n) is 4.01. The number of fused-ring (bicyclic) bond motifs is 1. The van der Waals surface area contributed by atoms with Gasteiger partial charge in [-0.05, 0) is 18.4 Å². The molecule has 0 bridgehead atoms. The van der Waals surface area contributed by atoms with Crippen molar-refractivity contribution in [2.45, 2.75) is 12.3 Å². The summed E-state index contributed by atoms with van der Waals surface area (Å²) in [6.45, 7) is 1.21. The molecule has 0 aromatic heterocycles. The van der Waals surface area contributed by atoms with Crippen molar-refractivity contribution < 1.29 is 14.3 Å². The Labute approximate surface area is 88.0 Å². The van der Waals surface area contributed by atoms with Gasteiger partial charge in [-0.3, -0.25) is 0 Å². The summed E-state index contributed by atoms with van der Waals surface area (Å²) in [5.74, 6) is 2.19. The van der Waals surface area contributed by atoms with Crippen molar-refractivity contribution in [2.75, 3.05) is 13.2 Å².